The molecule has 1 rings (SSSR count). The van der Waals surface area contributed by atoms with Crippen LogP contribution in [0.5, 0.6) is 11.5 Å². The van der Waals surface area contributed by atoms with Crippen molar-refractivity contribution in [3.8, 4) is 17.6 Å². The summed E-state index contributed by atoms with van der Waals surface area (Å²) in [6, 6.07) is 7.60. The first-order valence-electron chi connectivity index (χ1n) is 7.06. The largest absolute Gasteiger partial charge is 0.493 e. The minimum absolute atomic E-state index is 0.327. The molecule has 1 atom stereocenters. The lowest BCUT2D eigenvalue weighted by Crippen LogP contribution is -2.24. The molecule has 20 heavy (non-hydrogen) atoms. The first-order valence-corrected chi connectivity index (χ1v) is 7.06. The summed E-state index contributed by atoms with van der Waals surface area (Å²) >= 11 is 0. The molecule has 0 saturated heterocycles. The summed E-state index contributed by atoms with van der Waals surface area (Å²) in [4.78, 5) is 0. The molecular formula is C16H24N2O2. The minimum Gasteiger partial charge on any atom is -0.493 e. The lowest BCUT2D eigenvalue weighted by molar-refractivity contribution is 0.294. The molecule has 0 amide bonds. The van der Waals surface area contributed by atoms with Crippen LogP contribution in [0.3, 0.4) is 0 Å². The number of hydrogen-bond donors (Lipinski definition) is 1. The van der Waals surface area contributed by atoms with Crippen LogP contribution in [0.25, 0.3) is 0 Å². The summed E-state index contributed by atoms with van der Waals surface area (Å²) in [5.74, 6) is 1.89. The quantitative estimate of drug-likeness (QED) is 0.791. The molecule has 1 aromatic rings. The Kier molecular flexibility index (Phi) is 6.89. The van der Waals surface area contributed by atoms with Gasteiger partial charge in [-0.05, 0) is 36.6 Å². The fourth-order valence-corrected chi connectivity index (χ4v) is 1.79. The van der Waals surface area contributed by atoms with Crippen molar-refractivity contribution < 1.29 is 9.47 Å². The highest BCUT2D eigenvalue weighted by atomic mass is 16.5. The van der Waals surface area contributed by atoms with Crippen LogP contribution in [-0.4, -0.2) is 20.3 Å². The summed E-state index contributed by atoms with van der Waals surface area (Å²) in [7, 11) is 1.61. The maximum atomic E-state index is 9.28. The third kappa shape index (κ3) is 4.75. The van der Waals surface area contributed by atoms with Gasteiger partial charge in [0.1, 0.15) is 6.04 Å². The van der Waals surface area contributed by atoms with Gasteiger partial charge in [-0.1, -0.05) is 26.8 Å². The van der Waals surface area contributed by atoms with Crippen LogP contribution >= 0.6 is 0 Å². The number of rotatable bonds is 8. The van der Waals surface area contributed by atoms with E-state index in [4.69, 9.17) is 9.47 Å². The van der Waals surface area contributed by atoms with E-state index in [1.807, 2.05) is 18.2 Å². The first-order chi connectivity index (χ1) is 9.62. The molecule has 0 aliphatic carbocycles. The maximum absolute atomic E-state index is 9.28. The van der Waals surface area contributed by atoms with E-state index in [2.05, 4.69) is 32.2 Å². The lowest BCUT2D eigenvalue weighted by Gasteiger charge is -2.16. The van der Waals surface area contributed by atoms with Gasteiger partial charge in [0.05, 0.1) is 19.8 Å². The van der Waals surface area contributed by atoms with Crippen LogP contribution in [0.15, 0.2) is 18.2 Å². The number of nitriles is 1. The Balaban J connectivity index is 2.87. The van der Waals surface area contributed by atoms with E-state index in [1.54, 1.807) is 7.11 Å². The van der Waals surface area contributed by atoms with Crippen LogP contribution in [-0.2, 0) is 0 Å². The SMILES string of the molecule is CCCOc1ccc(C(C#N)NCC(C)C)cc1OC. The van der Waals surface area contributed by atoms with Crippen molar-refractivity contribution in [2.45, 2.75) is 33.2 Å². The fraction of sp³-hybridized carbons (Fsp3) is 0.562. The lowest BCUT2D eigenvalue weighted by atomic mass is 10.1. The Morgan fingerprint density at radius 3 is 2.60 bits per heavy atom. The predicted octanol–water partition coefficient (Wildman–Crippen LogP) is 3.29. The van der Waals surface area contributed by atoms with Crippen LogP contribution in [0.4, 0.5) is 0 Å². The van der Waals surface area contributed by atoms with Gasteiger partial charge in [0.25, 0.3) is 0 Å². The second-order valence-electron chi connectivity index (χ2n) is 5.12. The third-order valence-electron chi connectivity index (χ3n) is 2.84. The van der Waals surface area contributed by atoms with Gasteiger partial charge in [-0.15, -0.1) is 0 Å². The van der Waals surface area contributed by atoms with E-state index < -0.39 is 0 Å². The molecule has 1 aromatic carbocycles. The highest BCUT2D eigenvalue weighted by Crippen LogP contribution is 2.30. The monoisotopic (exact) mass is 276 g/mol. The van der Waals surface area contributed by atoms with Gasteiger partial charge in [-0.25, -0.2) is 0 Å². The average molecular weight is 276 g/mol. The van der Waals surface area contributed by atoms with E-state index in [0.29, 0.717) is 18.3 Å². The summed E-state index contributed by atoms with van der Waals surface area (Å²) < 4.78 is 11.0. The number of methoxy groups -OCH3 is 1. The van der Waals surface area contributed by atoms with E-state index >= 15 is 0 Å². The molecule has 0 heterocycles. The molecule has 0 fully saturated rings. The normalized spacial score (nSPS) is 12.0. The van der Waals surface area contributed by atoms with Gasteiger partial charge in [0.15, 0.2) is 11.5 Å². The average Bonchev–Trinajstić information content (AvgIpc) is 2.45. The van der Waals surface area contributed by atoms with Crippen molar-refractivity contribution in [1.29, 1.82) is 5.26 Å². The van der Waals surface area contributed by atoms with Crippen LogP contribution in [0, 0.1) is 17.2 Å². The molecule has 1 unspecified atom stereocenters. The van der Waals surface area contributed by atoms with Crippen molar-refractivity contribution in [1.82, 2.24) is 5.32 Å². The van der Waals surface area contributed by atoms with Gasteiger partial charge in [-0.3, -0.25) is 5.32 Å². The van der Waals surface area contributed by atoms with Gasteiger partial charge in [-0.2, -0.15) is 5.26 Å². The maximum Gasteiger partial charge on any atom is 0.161 e. The van der Waals surface area contributed by atoms with Crippen molar-refractivity contribution in [2.75, 3.05) is 20.3 Å². The van der Waals surface area contributed by atoms with Gasteiger partial charge < -0.3 is 9.47 Å². The molecule has 0 aliphatic heterocycles. The number of benzene rings is 1. The Morgan fingerprint density at radius 2 is 2.05 bits per heavy atom. The highest BCUT2D eigenvalue weighted by molar-refractivity contribution is 5.44. The minimum atomic E-state index is -0.327. The summed E-state index contributed by atoms with van der Waals surface area (Å²) in [6.45, 7) is 7.74. The number of ether oxygens (including phenoxy) is 2. The molecule has 4 nitrogen and oxygen atoms in total. The zero-order valence-corrected chi connectivity index (χ0v) is 12.8. The highest BCUT2D eigenvalue weighted by Gasteiger charge is 2.14. The summed E-state index contributed by atoms with van der Waals surface area (Å²) in [5, 5.41) is 12.5. The molecule has 110 valence electrons. The van der Waals surface area contributed by atoms with E-state index in [9.17, 15) is 5.26 Å². The van der Waals surface area contributed by atoms with Gasteiger partial charge >= 0.3 is 0 Å². The molecular weight excluding hydrogens is 252 g/mol. The molecule has 1 N–H and O–H groups in total. The first kappa shape index (κ1) is 16.3. The molecule has 0 aliphatic rings. The Hall–Kier alpha value is -1.73. The van der Waals surface area contributed by atoms with Crippen molar-refractivity contribution in [3.63, 3.8) is 0 Å². The van der Waals surface area contributed by atoms with Crippen molar-refractivity contribution in [3.05, 3.63) is 23.8 Å². The van der Waals surface area contributed by atoms with Crippen LogP contribution in [0.1, 0.15) is 38.8 Å². The Labute approximate surface area is 121 Å². The molecule has 0 radical (unpaired) electrons. The predicted molar refractivity (Wildman–Crippen MR) is 80.0 cm³/mol. The van der Waals surface area contributed by atoms with Gasteiger partial charge in [0, 0.05) is 0 Å². The van der Waals surface area contributed by atoms with Crippen molar-refractivity contribution in [2.24, 2.45) is 5.92 Å². The number of nitrogens with one attached hydrogen (secondary N) is 1. The molecule has 4 heteroatoms. The second-order valence-corrected chi connectivity index (χ2v) is 5.12. The van der Waals surface area contributed by atoms with E-state index in [1.165, 1.54) is 0 Å². The molecule has 0 bridgehead atoms. The molecule has 0 saturated carbocycles. The standard InChI is InChI=1S/C16H24N2O2/c1-5-8-20-15-7-6-13(9-16(15)19-4)14(10-17)18-11-12(2)3/h6-7,9,12,14,18H,5,8,11H2,1-4H3. The molecule has 0 spiro atoms. The summed E-state index contributed by atoms with van der Waals surface area (Å²) in [5.41, 5.74) is 0.897. The van der Waals surface area contributed by atoms with Crippen LogP contribution < -0.4 is 14.8 Å². The number of nitrogens with zero attached hydrogens (tertiary/aromatic N) is 1. The third-order valence-corrected chi connectivity index (χ3v) is 2.84. The zero-order valence-electron chi connectivity index (χ0n) is 12.8. The van der Waals surface area contributed by atoms with E-state index in [-0.39, 0.29) is 6.04 Å². The fourth-order valence-electron chi connectivity index (χ4n) is 1.79. The van der Waals surface area contributed by atoms with E-state index in [0.717, 1.165) is 24.3 Å². The van der Waals surface area contributed by atoms with Crippen molar-refractivity contribution >= 4 is 0 Å². The summed E-state index contributed by atoms with van der Waals surface area (Å²) in [6.07, 6.45) is 0.946. The zero-order chi connectivity index (χ0) is 15.0. The van der Waals surface area contributed by atoms with Crippen LogP contribution in [0.2, 0.25) is 0 Å². The molecule has 0 aromatic heterocycles. The smallest absolute Gasteiger partial charge is 0.161 e. The second kappa shape index (κ2) is 8.44. The topological polar surface area (TPSA) is 54.3 Å². The Bertz CT molecular complexity index is 452. The van der Waals surface area contributed by atoms with Gasteiger partial charge in [0.2, 0.25) is 0 Å². The number of hydrogen-bond acceptors (Lipinski definition) is 4. The Morgan fingerprint density at radius 1 is 1.30 bits per heavy atom.